The summed E-state index contributed by atoms with van der Waals surface area (Å²) in [6.07, 6.45) is 0.368. The molecule has 0 amide bonds. The maximum absolute atomic E-state index is 13.3. The van der Waals surface area contributed by atoms with Gasteiger partial charge < -0.3 is 15.2 Å². The monoisotopic (exact) mass is 453 g/mol. The first kappa shape index (κ1) is 20.9. The highest BCUT2D eigenvalue weighted by atomic mass is 32.2. The van der Waals surface area contributed by atoms with Gasteiger partial charge in [-0.1, -0.05) is 12.1 Å². The minimum absolute atomic E-state index is 0.0341. The molecule has 0 aliphatic carbocycles. The van der Waals surface area contributed by atoms with Gasteiger partial charge in [0.1, 0.15) is 18.1 Å². The lowest BCUT2D eigenvalue weighted by Gasteiger charge is -2.25. The van der Waals surface area contributed by atoms with Crippen LogP contribution in [-0.2, 0) is 20.0 Å². The first-order valence-corrected chi connectivity index (χ1v) is 12.4. The number of sulfonamides is 2. The molecule has 2 aliphatic heterocycles. The number of para-hydroxylation sites is 1. The number of anilines is 1. The second kappa shape index (κ2) is 8.06. The number of nitrogens with two attached hydrogens (primary N) is 1. The fourth-order valence-corrected chi connectivity index (χ4v) is 6.70. The van der Waals surface area contributed by atoms with Crippen molar-refractivity contribution in [1.29, 1.82) is 0 Å². The molecule has 0 bridgehead atoms. The average molecular weight is 454 g/mol. The number of nitrogen functional groups attached to an aromatic ring is 1. The van der Waals surface area contributed by atoms with Crippen molar-refractivity contribution in [3.8, 4) is 11.5 Å². The Hall–Kier alpha value is -2.34. The lowest BCUT2D eigenvalue weighted by molar-refractivity contribution is 0.166. The fourth-order valence-electron chi connectivity index (χ4n) is 3.56. The Bertz CT molecular complexity index is 1150. The maximum Gasteiger partial charge on any atom is 0.246 e. The van der Waals surface area contributed by atoms with E-state index in [2.05, 4.69) is 0 Å². The molecule has 4 rings (SSSR count). The Balaban J connectivity index is 1.58. The normalized spacial score (nSPS) is 18.7. The van der Waals surface area contributed by atoms with E-state index in [-0.39, 0.29) is 48.3 Å². The second-order valence-corrected chi connectivity index (χ2v) is 10.9. The summed E-state index contributed by atoms with van der Waals surface area (Å²) in [7, 11) is -7.65. The Morgan fingerprint density at radius 3 is 2.20 bits per heavy atom. The van der Waals surface area contributed by atoms with Crippen LogP contribution in [0.25, 0.3) is 0 Å². The van der Waals surface area contributed by atoms with E-state index in [4.69, 9.17) is 15.2 Å². The fraction of sp³-hybridized carbons (Fsp3) is 0.368. The largest absolute Gasteiger partial charge is 0.486 e. The smallest absolute Gasteiger partial charge is 0.246 e. The third-order valence-electron chi connectivity index (χ3n) is 5.06. The Labute approximate surface area is 176 Å². The molecular weight excluding hydrogens is 430 g/mol. The molecule has 2 N–H and O–H groups in total. The van der Waals surface area contributed by atoms with Gasteiger partial charge in [-0.15, -0.1) is 0 Å². The summed E-state index contributed by atoms with van der Waals surface area (Å²) in [5.41, 5.74) is 6.08. The zero-order valence-electron chi connectivity index (χ0n) is 16.2. The zero-order valence-corrected chi connectivity index (χ0v) is 17.9. The number of benzene rings is 2. The van der Waals surface area contributed by atoms with Gasteiger partial charge in [0.05, 0.1) is 4.90 Å². The van der Waals surface area contributed by atoms with Crippen LogP contribution in [0, 0.1) is 0 Å². The second-order valence-electron chi connectivity index (χ2n) is 7.01. The molecule has 0 atom stereocenters. The molecule has 9 nitrogen and oxygen atoms in total. The number of hydrogen-bond donors (Lipinski definition) is 1. The molecule has 2 aromatic carbocycles. The Kier molecular flexibility index (Phi) is 5.62. The molecule has 0 aromatic heterocycles. The van der Waals surface area contributed by atoms with Crippen LogP contribution in [0.1, 0.15) is 6.42 Å². The quantitative estimate of drug-likeness (QED) is 0.689. The van der Waals surface area contributed by atoms with Gasteiger partial charge in [0.2, 0.25) is 20.0 Å². The third-order valence-corrected chi connectivity index (χ3v) is 8.87. The van der Waals surface area contributed by atoms with Crippen molar-refractivity contribution < 1.29 is 26.3 Å². The Morgan fingerprint density at radius 2 is 1.47 bits per heavy atom. The molecular formula is C19H23N3O6S2. The van der Waals surface area contributed by atoms with Crippen LogP contribution in [0.4, 0.5) is 5.69 Å². The molecule has 2 heterocycles. The van der Waals surface area contributed by atoms with Gasteiger partial charge in [0.25, 0.3) is 0 Å². The van der Waals surface area contributed by atoms with E-state index < -0.39 is 20.0 Å². The van der Waals surface area contributed by atoms with Crippen LogP contribution in [0.5, 0.6) is 11.5 Å². The van der Waals surface area contributed by atoms with E-state index in [1.54, 1.807) is 24.3 Å². The first-order valence-electron chi connectivity index (χ1n) is 9.54. The van der Waals surface area contributed by atoms with Crippen LogP contribution < -0.4 is 15.2 Å². The highest BCUT2D eigenvalue weighted by molar-refractivity contribution is 7.89. The summed E-state index contributed by atoms with van der Waals surface area (Å²) < 4.78 is 66.2. The summed E-state index contributed by atoms with van der Waals surface area (Å²) in [6.45, 7) is 1.13. The van der Waals surface area contributed by atoms with Gasteiger partial charge in [-0.3, -0.25) is 0 Å². The molecule has 2 aliphatic rings. The van der Waals surface area contributed by atoms with Gasteiger partial charge in [-0.25, -0.2) is 16.8 Å². The average Bonchev–Trinajstić information content (AvgIpc) is 3.01. The predicted octanol–water partition coefficient (Wildman–Crippen LogP) is 1.13. The van der Waals surface area contributed by atoms with Crippen LogP contribution >= 0.6 is 0 Å². The van der Waals surface area contributed by atoms with Crippen molar-refractivity contribution >= 4 is 25.7 Å². The number of ether oxygens (including phenoxy) is 2. The van der Waals surface area contributed by atoms with Crippen LogP contribution in [0.15, 0.2) is 52.3 Å². The van der Waals surface area contributed by atoms with Crippen LogP contribution in [0.3, 0.4) is 0 Å². The maximum atomic E-state index is 13.3. The number of fused-ring (bicyclic) bond motifs is 1. The minimum Gasteiger partial charge on any atom is -0.486 e. The van der Waals surface area contributed by atoms with Crippen molar-refractivity contribution in [2.75, 3.05) is 45.1 Å². The molecule has 162 valence electrons. The minimum atomic E-state index is -3.88. The van der Waals surface area contributed by atoms with Crippen molar-refractivity contribution in [2.45, 2.75) is 16.2 Å². The molecule has 0 radical (unpaired) electrons. The van der Waals surface area contributed by atoms with Gasteiger partial charge >= 0.3 is 0 Å². The molecule has 1 fully saturated rings. The molecule has 0 unspecified atom stereocenters. The molecule has 30 heavy (non-hydrogen) atoms. The molecule has 2 aromatic rings. The standard InChI is InChI=1S/C19H23N3O6S2/c20-15-4-1-5-16(14-15)29(23,24)21-8-3-9-22(11-10-21)30(25,26)18-7-2-6-17-19(18)28-13-12-27-17/h1-2,4-7,14H,3,8-13,20H2. The van der Waals surface area contributed by atoms with E-state index in [1.807, 2.05) is 0 Å². The predicted molar refractivity (Wildman–Crippen MR) is 110 cm³/mol. The van der Waals surface area contributed by atoms with Gasteiger partial charge in [0, 0.05) is 31.9 Å². The summed E-state index contributed by atoms with van der Waals surface area (Å²) in [6, 6.07) is 10.8. The lowest BCUT2D eigenvalue weighted by Crippen LogP contribution is -2.37. The highest BCUT2D eigenvalue weighted by Crippen LogP contribution is 2.38. The lowest BCUT2D eigenvalue weighted by atomic mass is 10.3. The van der Waals surface area contributed by atoms with E-state index >= 15 is 0 Å². The topological polar surface area (TPSA) is 119 Å². The molecule has 1 saturated heterocycles. The summed E-state index contributed by atoms with van der Waals surface area (Å²) >= 11 is 0. The van der Waals surface area contributed by atoms with Crippen molar-refractivity contribution in [3.63, 3.8) is 0 Å². The summed E-state index contributed by atoms with van der Waals surface area (Å²) in [5, 5.41) is 0. The van der Waals surface area contributed by atoms with Crippen LogP contribution in [-0.4, -0.2) is 64.8 Å². The van der Waals surface area contributed by atoms with E-state index in [1.165, 1.54) is 26.8 Å². The van der Waals surface area contributed by atoms with Crippen molar-refractivity contribution in [3.05, 3.63) is 42.5 Å². The van der Waals surface area contributed by atoms with E-state index in [0.29, 0.717) is 24.5 Å². The Morgan fingerprint density at radius 1 is 0.800 bits per heavy atom. The molecule has 0 saturated carbocycles. The van der Waals surface area contributed by atoms with E-state index in [0.717, 1.165) is 0 Å². The molecule has 11 heteroatoms. The molecule has 0 spiro atoms. The van der Waals surface area contributed by atoms with Gasteiger partial charge in [0.15, 0.2) is 11.5 Å². The van der Waals surface area contributed by atoms with Gasteiger partial charge in [-0.2, -0.15) is 8.61 Å². The summed E-state index contributed by atoms with van der Waals surface area (Å²) in [5.74, 6) is 0.597. The van der Waals surface area contributed by atoms with Crippen molar-refractivity contribution in [1.82, 2.24) is 8.61 Å². The summed E-state index contributed by atoms with van der Waals surface area (Å²) in [4.78, 5) is 0.133. The number of rotatable bonds is 4. The number of nitrogens with zero attached hydrogens (tertiary/aromatic N) is 2. The first-order chi connectivity index (χ1) is 14.3. The SMILES string of the molecule is Nc1cccc(S(=O)(=O)N2CCCN(S(=O)(=O)c3cccc4c3OCCO4)CC2)c1. The number of hydrogen-bond acceptors (Lipinski definition) is 7. The van der Waals surface area contributed by atoms with Crippen LogP contribution in [0.2, 0.25) is 0 Å². The highest BCUT2D eigenvalue weighted by Gasteiger charge is 2.34. The zero-order chi connectivity index (χ0) is 21.4. The van der Waals surface area contributed by atoms with E-state index in [9.17, 15) is 16.8 Å². The van der Waals surface area contributed by atoms with Gasteiger partial charge in [-0.05, 0) is 36.8 Å². The third kappa shape index (κ3) is 3.85. The van der Waals surface area contributed by atoms with Crippen molar-refractivity contribution in [2.24, 2.45) is 0 Å².